The molecule has 8 heteroatoms. The summed E-state index contributed by atoms with van der Waals surface area (Å²) in [6, 6.07) is 10.3. The van der Waals surface area contributed by atoms with Gasteiger partial charge in [0.25, 0.3) is 5.56 Å². The monoisotopic (exact) mass is 456 g/mol. The van der Waals surface area contributed by atoms with Gasteiger partial charge in [-0.2, -0.15) is 0 Å². The fourth-order valence-electron chi connectivity index (χ4n) is 5.20. The summed E-state index contributed by atoms with van der Waals surface area (Å²) < 4.78 is 16.7. The second kappa shape index (κ2) is 7.34. The van der Waals surface area contributed by atoms with Crippen molar-refractivity contribution < 1.29 is 14.3 Å². The summed E-state index contributed by atoms with van der Waals surface area (Å²) in [5.41, 5.74) is 10.6. The highest BCUT2D eigenvalue weighted by Gasteiger charge is 2.27. The van der Waals surface area contributed by atoms with Gasteiger partial charge in [-0.15, -0.1) is 0 Å². The number of nitrogens with two attached hydrogens (primary N) is 1. The van der Waals surface area contributed by atoms with E-state index in [1.54, 1.807) is 29.0 Å². The molecule has 0 unspecified atom stereocenters. The number of aryl methyl sites for hydroxylation is 2. The number of nitrogen functional groups attached to an aromatic ring is 1. The Bertz CT molecular complexity index is 1690. The summed E-state index contributed by atoms with van der Waals surface area (Å²) in [6.07, 6.45) is 5.94. The van der Waals surface area contributed by atoms with Gasteiger partial charge in [0.05, 0.1) is 17.7 Å². The maximum absolute atomic E-state index is 15.1. The van der Waals surface area contributed by atoms with Gasteiger partial charge in [0, 0.05) is 45.4 Å². The second-order valence-corrected chi connectivity index (χ2v) is 8.75. The Morgan fingerprint density at radius 1 is 1.12 bits per heavy atom. The smallest absolute Gasteiger partial charge is 0.353 e. The van der Waals surface area contributed by atoms with Gasteiger partial charge >= 0.3 is 5.97 Å². The molecule has 2 aromatic carbocycles. The van der Waals surface area contributed by atoms with Gasteiger partial charge in [0.1, 0.15) is 11.5 Å². The van der Waals surface area contributed by atoms with Gasteiger partial charge < -0.3 is 25.4 Å². The van der Waals surface area contributed by atoms with Gasteiger partial charge in [-0.3, -0.25) is 4.79 Å². The number of aromatic nitrogens is 3. The van der Waals surface area contributed by atoms with Crippen LogP contribution < -0.4 is 11.3 Å². The van der Waals surface area contributed by atoms with E-state index in [1.807, 2.05) is 12.1 Å². The van der Waals surface area contributed by atoms with Crippen molar-refractivity contribution in [2.75, 3.05) is 5.73 Å². The van der Waals surface area contributed by atoms with Crippen LogP contribution in [0.2, 0.25) is 0 Å². The van der Waals surface area contributed by atoms with Gasteiger partial charge in [-0.05, 0) is 66.8 Å². The van der Waals surface area contributed by atoms with Crippen LogP contribution >= 0.6 is 0 Å². The largest absolute Gasteiger partial charge is 0.477 e. The molecule has 0 aliphatic heterocycles. The fourth-order valence-corrected chi connectivity index (χ4v) is 5.20. The summed E-state index contributed by atoms with van der Waals surface area (Å²) in [6.45, 7) is -0.0198. The molecule has 0 spiro atoms. The summed E-state index contributed by atoms with van der Waals surface area (Å²) in [5, 5.41) is 11.6. The van der Waals surface area contributed by atoms with Crippen molar-refractivity contribution in [1.29, 1.82) is 0 Å². The Morgan fingerprint density at radius 2 is 1.91 bits per heavy atom. The van der Waals surface area contributed by atoms with Crippen molar-refractivity contribution in [3.8, 4) is 11.1 Å². The normalized spacial score (nSPS) is 13.1. The minimum absolute atomic E-state index is 0.0198. The first-order valence-corrected chi connectivity index (χ1v) is 11.1. The fraction of sp³-hybridized carbons (Fsp3) is 0.154. The third-order valence-corrected chi connectivity index (χ3v) is 6.78. The molecule has 0 fully saturated rings. The number of nitrogens with one attached hydrogen (secondary N) is 2. The lowest BCUT2D eigenvalue weighted by Crippen LogP contribution is -2.14. The number of carbonyl (C=O) groups is 1. The molecule has 0 saturated heterocycles. The first-order chi connectivity index (χ1) is 16.4. The van der Waals surface area contributed by atoms with Crippen molar-refractivity contribution in [2.45, 2.75) is 25.8 Å². The highest BCUT2D eigenvalue weighted by Crippen LogP contribution is 2.38. The molecule has 0 saturated carbocycles. The molecule has 5 N–H and O–H groups in total. The lowest BCUT2D eigenvalue weighted by molar-refractivity contribution is 0.0687. The molecule has 0 atom stereocenters. The number of fused-ring (bicyclic) bond motifs is 3. The highest BCUT2D eigenvalue weighted by molar-refractivity contribution is 6.08. The predicted octanol–water partition coefficient (Wildman–Crippen LogP) is 4.43. The Morgan fingerprint density at radius 3 is 2.68 bits per heavy atom. The van der Waals surface area contributed by atoms with E-state index in [0.29, 0.717) is 38.6 Å². The minimum atomic E-state index is -1.18. The summed E-state index contributed by atoms with van der Waals surface area (Å²) >= 11 is 0. The number of carboxylic acids is 1. The molecule has 6 rings (SSSR count). The van der Waals surface area contributed by atoms with Crippen LogP contribution in [0.25, 0.3) is 32.9 Å². The highest BCUT2D eigenvalue weighted by atomic mass is 19.1. The molecular weight excluding hydrogens is 435 g/mol. The second-order valence-electron chi connectivity index (χ2n) is 8.75. The molecule has 170 valence electrons. The summed E-state index contributed by atoms with van der Waals surface area (Å²) in [5.74, 6) is -1.65. The van der Waals surface area contributed by atoms with Gasteiger partial charge in [-0.1, -0.05) is 0 Å². The van der Waals surface area contributed by atoms with Crippen LogP contribution in [-0.2, 0) is 19.4 Å². The van der Waals surface area contributed by atoms with Crippen LogP contribution in [0, 0.1) is 5.82 Å². The maximum atomic E-state index is 15.1. The lowest BCUT2D eigenvalue weighted by Gasteiger charge is -2.11. The zero-order chi connectivity index (χ0) is 23.6. The molecule has 5 aromatic rings. The SMILES string of the molecule is Nc1c[nH]c2cc(F)c(Cn3c(C(=O)O)c(-c4ccc[nH]c4=O)c4cc5c(cc43)CCC5)cc12. The number of hydrogen-bond donors (Lipinski definition) is 4. The number of carboxylic acid groups (broad SMARTS) is 1. The first-order valence-electron chi connectivity index (χ1n) is 11.1. The Balaban J connectivity index is 1.67. The molecule has 0 radical (unpaired) electrons. The van der Waals surface area contributed by atoms with Crippen molar-refractivity contribution in [3.63, 3.8) is 0 Å². The average Bonchev–Trinajstić information content (AvgIpc) is 3.49. The van der Waals surface area contributed by atoms with E-state index in [0.717, 1.165) is 30.4 Å². The van der Waals surface area contributed by atoms with E-state index in [-0.39, 0.29) is 23.4 Å². The number of hydrogen-bond acceptors (Lipinski definition) is 3. The van der Waals surface area contributed by atoms with E-state index in [1.165, 1.54) is 12.3 Å². The standard InChI is InChI=1S/C26H21FN4O3/c27-19-10-21-17(20(28)11-30-21)8-15(19)12-31-22-9-14-4-1-3-13(14)7-18(22)23(24(31)26(33)34)16-5-2-6-29-25(16)32/h2,5-11,30H,1,3-4,12,28H2,(H,29,32)(H,33,34). The zero-order valence-electron chi connectivity index (χ0n) is 18.1. The van der Waals surface area contributed by atoms with Crippen LogP contribution in [0.4, 0.5) is 10.1 Å². The number of benzene rings is 2. The maximum Gasteiger partial charge on any atom is 0.353 e. The lowest BCUT2D eigenvalue weighted by atomic mass is 10.00. The molecule has 7 nitrogen and oxygen atoms in total. The number of anilines is 1. The van der Waals surface area contributed by atoms with Crippen molar-refractivity contribution in [2.24, 2.45) is 0 Å². The third-order valence-electron chi connectivity index (χ3n) is 6.78. The van der Waals surface area contributed by atoms with Gasteiger partial charge in [0.15, 0.2) is 0 Å². The van der Waals surface area contributed by atoms with Crippen LogP contribution in [0.5, 0.6) is 0 Å². The molecule has 0 amide bonds. The summed E-state index contributed by atoms with van der Waals surface area (Å²) in [7, 11) is 0. The minimum Gasteiger partial charge on any atom is -0.477 e. The van der Waals surface area contributed by atoms with E-state index in [2.05, 4.69) is 9.97 Å². The Kier molecular flexibility index (Phi) is 4.38. The zero-order valence-corrected chi connectivity index (χ0v) is 18.1. The van der Waals surface area contributed by atoms with E-state index in [9.17, 15) is 14.7 Å². The number of aromatic amines is 2. The number of aromatic carboxylic acids is 1. The van der Waals surface area contributed by atoms with Crippen LogP contribution in [0.15, 0.2) is 53.6 Å². The molecule has 0 bridgehead atoms. The van der Waals surface area contributed by atoms with Crippen molar-refractivity contribution in [3.05, 3.63) is 87.3 Å². The number of halogens is 1. The Hall–Kier alpha value is -4.33. The predicted molar refractivity (Wildman–Crippen MR) is 129 cm³/mol. The van der Waals surface area contributed by atoms with Gasteiger partial charge in [-0.25, -0.2) is 9.18 Å². The number of rotatable bonds is 4. The Labute approximate surface area is 192 Å². The molecule has 34 heavy (non-hydrogen) atoms. The quantitative estimate of drug-likeness (QED) is 0.320. The van der Waals surface area contributed by atoms with E-state index in [4.69, 9.17) is 5.73 Å². The average molecular weight is 456 g/mol. The van der Waals surface area contributed by atoms with Crippen LogP contribution in [0.3, 0.4) is 0 Å². The molecule has 1 aliphatic rings. The molecular formula is C26H21FN4O3. The molecule has 1 aliphatic carbocycles. The van der Waals surface area contributed by atoms with Crippen molar-refractivity contribution >= 4 is 33.5 Å². The number of nitrogens with zero attached hydrogens (tertiary/aromatic N) is 1. The molecule has 3 heterocycles. The van der Waals surface area contributed by atoms with E-state index < -0.39 is 11.8 Å². The van der Waals surface area contributed by atoms with Crippen LogP contribution in [0.1, 0.15) is 33.6 Å². The topological polar surface area (TPSA) is 117 Å². The van der Waals surface area contributed by atoms with E-state index >= 15 is 4.39 Å². The number of pyridine rings is 1. The third kappa shape index (κ3) is 2.95. The molecule has 3 aromatic heterocycles. The van der Waals surface area contributed by atoms with Crippen molar-refractivity contribution in [1.82, 2.24) is 14.5 Å². The first kappa shape index (κ1) is 20.3. The van der Waals surface area contributed by atoms with Gasteiger partial charge in [0.2, 0.25) is 0 Å². The summed E-state index contributed by atoms with van der Waals surface area (Å²) in [4.78, 5) is 30.9. The number of H-pyrrole nitrogens is 2. The van der Waals surface area contributed by atoms with Crippen LogP contribution in [-0.4, -0.2) is 25.6 Å².